The minimum absolute atomic E-state index is 0.321. The third kappa shape index (κ3) is 2.71. The fraction of sp³-hybridized carbons (Fsp3) is 1.00. The molecule has 3 heteroatoms. The van der Waals surface area contributed by atoms with Crippen molar-refractivity contribution in [3.63, 3.8) is 0 Å². The van der Waals surface area contributed by atoms with E-state index in [-0.39, 0.29) is 0 Å². The summed E-state index contributed by atoms with van der Waals surface area (Å²) in [4.78, 5) is 2.47. The summed E-state index contributed by atoms with van der Waals surface area (Å²) in [5.41, 5.74) is 6.09. The number of hydrogen-bond acceptors (Lipinski definition) is 3. The van der Waals surface area contributed by atoms with Gasteiger partial charge < -0.3 is 10.8 Å². The molecule has 3 atom stereocenters. The Morgan fingerprint density at radius 2 is 2.00 bits per heavy atom. The average Bonchev–Trinajstić information content (AvgIpc) is 2.65. The van der Waals surface area contributed by atoms with E-state index < -0.39 is 0 Å². The largest absolute Gasteiger partial charge is 0.395 e. The first-order valence-electron chi connectivity index (χ1n) is 6.41. The molecule has 0 aromatic rings. The number of aliphatic hydroxyl groups excluding tert-OH is 1. The van der Waals surface area contributed by atoms with Crippen LogP contribution < -0.4 is 5.73 Å². The van der Waals surface area contributed by atoms with Crippen molar-refractivity contribution in [2.24, 2.45) is 11.7 Å². The van der Waals surface area contributed by atoms with Crippen molar-refractivity contribution in [1.82, 2.24) is 4.90 Å². The summed E-state index contributed by atoms with van der Waals surface area (Å²) in [6.07, 6.45) is 7.51. The van der Waals surface area contributed by atoms with E-state index in [9.17, 15) is 5.11 Å². The van der Waals surface area contributed by atoms with Crippen LogP contribution in [-0.2, 0) is 0 Å². The van der Waals surface area contributed by atoms with Crippen molar-refractivity contribution >= 4 is 0 Å². The molecule has 1 aliphatic carbocycles. The van der Waals surface area contributed by atoms with Crippen LogP contribution >= 0.6 is 0 Å². The first-order chi connectivity index (χ1) is 7.31. The molecule has 1 saturated heterocycles. The molecular formula is C12H24N2O. The second-order valence-electron chi connectivity index (χ2n) is 5.18. The summed E-state index contributed by atoms with van der Waals surface area (Å²) in [5, 5.41) is 9.33. The Labute approximate surface area is 92.6 Å². The molecule has 0 amide bonds. The van der Waals surface area contributed by atoms with Gasteiger partial charge in [-0.1, -0.05) is 12.8 Å². The zero-order chi connectivity index (χ0) is 10.7. The van der Waals surface area contributed by atoms with E-state index in [1.54, 1.807) is 0 Å². The van der Waals surface area contributed by atoms with Crippen molar-refractivity contribution in [3.8, 4) is 0 Å². The van der Waals surface area contributed by atoms with Gasteiger partial charge in [0, 0.05) is 18.6 Å². The monoisotopic (exact) mass is 212 g/mol. The van der Waals surface area contributed by atoms with Gasteiger partial charge in [0.25, 0.3) is 0 Å². The van der Waals surface area contributed by atoms with Gasteiger partial charge in [-0.3, -0.25) is 4.90 Å². The summed E-state index contributed by atoms with van der Waals surface area (Å²) in [6.45, 7) is 2.60. The number of rotatable bonds is 3. The maximum Gasteiger partial charge on any atom is 0.0586 e. The summed E-state index contributed by atoms with van der Waals surface area (Å²) in [7, 11) is 0. The number of piperidine rings is 1. The summed E-state index contributed by atoms with van der Waals surface area (Å²) < 4.78 is 0. The molecular weight excluding hydrogens is 188 g/mol. The van der Waals surface area contributed by atoms with Gasteiger partial charge in [0.05, 0.1) is 6.61 Å². The highest BCUT2D eigenvalue weighted by Gasteiger charge is 2.29. The second kappa shape index (κ2) is 5.28. The van der Waals surface area contributed by atoms with Gasteiger partial charge in [0.2, 0.25) is 0 Å². The van der Waals surface area contributed by atoms with Crippen molar-refractivity contribution < 1.29 is 5.11 Å². The zero-order valence-electron chi connectivity index (χ0n) is 9.57. The Hall–Kier alpha value is -0.120. The Kier molecular flexibility index (Phi) is 4.00. The van der Waals surface area contributed by atoms with Crippen LogP contribution in [0.1, 0.15) is 38.5 Å². The Bertz CT molecular complexity index is 198. The Morgan fingerprint density at radius 3 is 2.67 bits per heavy atom. The van der Waals surface area contributed by atoms with E-state index in [0.29, 0.717) is 24.6 Å². The highest BCUT2D eigenvalue weighted by Crippen LogP contribution is 2.27. The standard InChI is InChI=1S/C12H24N2O/c13-12-6-3-4-10(12)8-14-7-2-1-5-11(14)9-15/h10-12,15H,1-9,13H2. The highest BCUT2D eigenvalue weighted by molar-refractivity contribution is 4.85. The second-order valence-corrected chi connectivity index (χ2v) is 5.18. The molecule has 0 aromatic heterocycles. The Balaban J connectivity index is 1.85. The molecule has 15 heavy (non-hydrogen) atoms. The van der Waals surface area contributed by atoms with Crippen molar-refractivity contribution in [2.75, 3.05) is 19.7 Å². The van der Waals surface area contributed by atoms with E-state index in [1.807, 2.05) is 0 Å². The quantitative estimate of drug-likeness (QED) is 0.732. The molecule has 2 rings (SSSR count). The number of nitrogens with two attached hydrogens (primary N) is 1. The minimum atomic E-state index is 0.321. The zero-order valence-corrected chi connectivity index (χ0v) is 9.57. The van der Waals surface area contributed by atoms with Crippen molar-refractivity contribution in [1.29, 1.82) is 0 Å². The van der Waals surface area contributed by atoms with Crippen LogP contribution in [-0.4, -0.2) is 41.8 Å². The van der Waals surface area contributed by atoms with Crippen molar-refractivity contribution in [3.05, 3.63) is 0 Å². The lowest BCUT2D eigenvalue weighted by Crippen LogP contribution is -2.46. The van der Waals surface area contributed by atoms with Gasteiger partial charge in [0.15, 0.2) is 0 Å². The topological polar surface area (TPSA) is 49.5 Å². The number of hydrogen-bond donors (Lipinski definition) is 2. The summed E-state index contributed by atoms with van der Waals surface area (Å²) in [6, 6.07) is 0.817. The molecule has 1 heterocycles. The minimum Gasteiger partial charge on any atom is -0.395 e. The van der Waals surface area contributed by atoms with Crippen LogP contribution in [0.2, 0.25) is 0 Å². The molecule has 2 aliphatic rings. The molecule has 3 unspecified atom stereocenters. The molecule has 0 bridgehead atoms. The van der Waals surface area contributed by atoms with Crippen LogP contribution in [0.4, 0.5) is 0 Å². The molecule has 3 N–H and O–H groups in total. The number of nitrogens with zero attached hydrogens (tertiary/aromatic N) is 1. The SMILES string of the molecule is NC1CCCC1CN1CCCCC1CO. The van der Waals surface area contributed by atoms with Gasteiger partial charge in [-0.15, -0.1) is 0 Å². The predicted octanol–water partition coefficient (Wildman–Crippen LogP) is 0.961. The van der Waals surface area contributed by atoms with E-state index >= 15 is 0 Å². The normalized spacial score (nSPS) is 38.4. The van der Waals surface area contributed by atoms with E-state index in [4.69, 9.17) is 5.73 Å². The smallest absolute Gasteiger partial charge is 0.0586 e. The van der Waals surface area contributed by atoms with Crippen LogP contribution in [0, 0.1) is 5.92 Å². The van der Waals surface area contributed by atoms with E-state index in [0.717, 1.165) is 13.1 Å². The van der Waals surface area contributed by atoms with Gasteiger partial charge in [-0.25, -0.2) is 0 Å². The molecule has 88 valence electrons. The molecule has 1 saturated carbocycles. The van der Waals surface area contributed by atoms with Gasteiger partial charge >= 0.3 is 0 Å². The maximum absolute atomic E-state index is 9.33. The molecule has 0 spiro atoms. The summed E-state index contributed by atoms with van der Waals surface area (Å²) in [5.74, 6) is 0.678. The van der Waals surface area contributed by atoms with E-state index in [1.165, 1.54) is 38.5 Å². The van der Waals surface area contributed by atoms with Gasteiger partial charge in [-0.05, 0) is 38.1 Å². The first kappa shape index (κ1) is 11.4. The summed E-state index contributed by atoms with van der Waals surface area (Å²) >= 11 is 0. The lowest BCUT2D eigenvalue weighted by atomic mass is 9.98. The third-order valence-electron chi connectivity index (χ3n) is 4.15. The maximum atomic E-state index is 9.33. The third-order valence-corrected chi connectivity index (χ3v) is 4.15. The van der Waals surface area contributed by atoms with Gasteiger partial charge in [0.1, 0.15) is 0 Å². The first-order valence-corrected chi connectivity index (χ1v) is 6.41. The molecule has 3 nitrogen and oxygen atoms in total. The number of aliphatic hydroxyl groups is 1. The number of likely N-dealkylation sites (tertiary alicyclic amines) is 1. The lowest BCUT2D eigenvalue weighted by Gasteiger charge is -2.37. The van der Waals surface area contributed by atoms with Crippen LogP contribution in [0.25, 0.3) is 0 Å². The molecule has 0 radical (unpaired) electrons. The average molecular weight is 212 g/mol. The lowest BCUT2D eigenvalue weighted by molar-refractivity contribution is 0.0746. The van der Waals surface area contributed by atoms with Gasteiger partial charge in [-0.2, -0.15) is 0 Å². The molecule has 0 aromatic carbocycles. The van der Waals surface area contributed by atoms with E-state index in [2.05, 4.69) is 4.90 Å². The highest BCUT2D eigenvalue weighted by atomic mass is 16.3. The van der Waals surface area contributed by atoms with Crippen LogP contribution in [0.5, 0.6) is 0 Å². The molecule has 1 aliphatic heterocycles. The Morgan fingerprint density at radius 1 is 1.13 bits per heavy atom. The van der Waals surface area contributed by atoms with Crippen LogP contribution in [0.3, 0.4) is 0 Å². The van der Waals surface area contributed by atoms with Crippen molar-refractivity contribution in [2.45, 2.75) is 50.6 Å². The fourth-order valence-electron chi connectivity index (χ4n) is 3.10. The van der Waals surface area contributed by atoms with Crippen LogP contribution in [0.15, 0.2) is 0 Å². The fourth-order valence-corrected chi connectivity index (χ4v) is 3.10. The molecule has 2 fully saturated rings. The predicted molar refractivity (Wildman–Crippen MR) is 61.6 cm³/mol.